The maximum absolute atomic E-state index is 9.63. The van der Waals surface area contributed by atoms with Gasteiger partial charge in [-0.3, -0.25) is 5.32 Å². The number of benzene rings is 2. The third-order valence-corrected chi connectivity index (χ3v) is 3.75. The highest BCUT2D eigenvalue weighted by Gasteiger charge is 2.19. The first kappa shape index (κ1) is 17.8. The molecule has 2 aromatic carbocycles. The lowest BCUT2D eigenvalue weighted by atomic mass is 10.0. The smallest absolute Gasteiger partial charge is 0.125 e. The molecular weight excluding hydrogens is 300 g/mol. The van der Waals surface area contributed by atoms with Gasteiger partial charge in [-0.15, -0.1) is 0 Å². The number of methoxy groups -OCH3 is 1. The van der Waals surface area contributed by atoms with Crippen LogP contribution in [0.5, 0.6) is 11.5 Å². The van der Waals surface area contributed by atoms with Crippen molar-refractivity contribution in [3.05, 3.63) is 59.7 Å². The summed E-state index contributed by atoms with van der Waals surface area (Å²) in [4.78, 5) is 0. The third kappa shape index (κ3) is 4.50. The molecule has 0 radical (unpaired) electrons. The zero-order valence-electron chi connectivity index (χ0n) is 14.6. The van der Waals surface area contributed by atoms with Gasteiger partial charge in [0.15, 0.2) is 0 Å². The predicted molar refractivity (Wildman–Crippen MR) is 95.1 cm³/mol. The molecule has 0 aliphatic heterocycles. The second kappa shape index (κ2) is 8.37. The molecule has 1 unspecified atom stereocenters. The summed E-state index contributed by atoms with van der Waals surface area (Å²) in [7, 11) is 1.65. The van der Waals surface area contributed by atoms with Gasteiger partial charge in [-0.05, 0) is 44.5 Å². The fourth-order valence-corrected chi connectivity index (χ4v) is 2.52. The SMILES string of the molecule is COc1ccc([C@@H](C)NC(C#N)c2ccccc2OC(C)C)cc1. The number of rotatable bonds is 7. The zero-order valence-corrected chi connectivity index (χ0v) is 14.6. The lowest BCUT2D eigenvalue weighted by Crippen LogP contribution is -2.24. The topological polar surface area (TPSA) is 54.3 Å². The van der Waals surface area contributed by atoms with Crippen LogP contribution in [-0.2, 0) is 0 Å². The van der Waals surface area contributed by atoms with Gasteiger partial charge in [-0.2, -0.15) is 5.26 Å². The number of nitrogens with one attached hydrogen (secondary N) is 1. The predicted octanol–water partition coefficient (Wildman–Crippen LogP) is 4.40. The molecule has 2 rings (SSSR count). The standard InChI is InChI=1S/C20H24N2O2/c1-14(2)24-20-8-6-5-7-18(20)19(13-21)22-15(3)16-9-11-17(23-4)12-10-16/h5-12,14-15,19,22H,1-4H3/t15-,19?/m1/s1. The van der Waals surface area contributed by atoms with E-state index in [1.807, 2.05) is 69.3 Å². The first-order valence-corrected chi connectivity index (χ1v) is 8.10. The molecule has 0 aliphatic rings. The van der Waals surface area contributed by atoms with Gasteiger partial charge in [0, 0.05) is 11.6 Å². The van der Waals surface area contributed by atoms with Crippen LogP contribution in [0.1, 0.15) is 44.0 Å². The molecule has 0 heterocycles. The summed E-state index contributed by atoms with van der Waals surface area (Å²) in [5, 5.41) is 13.0. The molecule has 126 valence electrons. The molecule has 2 atom stereocenters. The van der Waals surface area contributed by atoms with E-state index in [9.17, 15) is 5.26 Å². The molecule has 0 bridgehead atoms. The Balaban J connectivity index is 2.18. The lowest BCUT2D eigenvalue weighted by molar-refractivity contribution is 0.238. The Bertz CT molecular complexity index is 690. The third-order valence-electron chi connectivity index (χ3n) is 3.75. The quantitative estimate of drug-likeness (QED) is 0.820. The van der Waals surface area contributed by atoms with Crippen molar-refractivity contribution in [3.8, 4) is 17.6 Å². The van der Waals surface area contributed by atoms with E-state index in [0.29, 0.717) is 0 Å². The minimum atomic E-state index is -0.447. The Morgan fingerprint density at radius 1 is 1.00 bits per heavy atom. The zero-order chi connectivity index (χ0) is 17.5. The fourth-order valence-electron chi connectivity index (χ4n) is 2.52. The van der Waals surface area contributed by atoms with Crippen molar-refractivity contribution in [2.45, 2.75) is 39.0 Å². The summed E-state index contributed by atoms with van der Waals surface area (Å²) in [6.07, 6.45) is 0.0597. The number of nitrogens with zero attached hydrogens (tertiary/aromatic N) is 1. The molecule has 0 aliphatic carbocycles. The summed E-state index contributed by atoms with van der Waals surface area (Å²) in [6.45, 7) is 6.00. The number of hydrogen-bond donors (Lipinski definition) is 1. The molecule has 4 nitrogen and oxygen atoms in total. The molecule has 0 saturated heterocycles. The van der Waals surface area contributed by atoms with Crippen LogP contribution in [-0.4, -0.2) is 13.2 Å². The molecule has 0 fully saturated rings. The van der Waals surface area contributed by atoms with E-state index in [1.165, 1.54) is 0 Å². The van der Waals surface area contributed by atoms with Crippen molar-refractivity contribution < 1.29 is 9.47 Å². The maximum Gasteiger partial charge on any atom is 0.125 e. The van der Waals surface area contributed by atoms with E-state index in [1.54, 1.807) is 7.11 Å². The van der Waals surface area contributed by atoms with Gasteiger partial charge in [0.05, 0.1) is 19.3 Å². The Morgan fingerprint density at radius 2 is 1.67 bits per heavy atom. The van der Waals surface area contributed by atoms with Crippen LogP contribution in [0.15, 0.2) is 48.5 Å². The van der Waals surface area contributed by atoms with Gasteiger partial charge in [0.25, 0.3) is 0 Å². The fraction of sp³-hybridized carbons (Fsp3) is 0.350. The minimum absolute atomic E-state index is 0.0210. The van der Waals surface area contributed by atoms with E-state index in [0.717, 1.165) is 22.6 Å². The average molecular weight is 324 g/mol. The van der Waals surface area contributed by atoms with Crippen LogP contribution >= 0.6 is 0 Å². The van der Waals surface area contributed by atoms with E-state index in [-0.39, 0.29) is 12.1 Å². The first-order chi connectivity index (χ1) is 11.5. The molecule has 1 N–H and O–H groups in total. The first-order valence-electron chi connectivity index (χ1n) is 8.10. The van der Waals surface area contributed by atoms with E-state index in [2.05, 4.69) is 11.4 Å². The Hall–Kier alpha value is -2.51. The van der Waals surface area contributed by atoms with Crippen LogP contribution in [0.2, 0.25) is 0 Å². The molecule has 0 spiro atoms. The molecule has 2 aromatic rings. The van der Waals surface area contributed by atoms with E-state index < -0.39 is 6.04 Å². The van der Waals surface area contributed by atoms with Gasteiger partial charge < -0.3 is 9.47 Å². The van der Waals surface area contributed by atoms with E-state index >= 15 is 0 Å². The Morgan fingerprint density at radius 3 is 2.25 bits per heavy atom. The van der Waals surface area contributed by atoms with Crippen molar-refractivity contribution in [1.29, 1.82) is 5.26 Å². The highest BCUT2D eigenvalue weighted by Crippen LogP contribution is 2.28. The van der Waals surface area contributed by atoms with Gasteiger partial charge in [-0.1, -0.05) is 30.3 Å². The van der Waals surface area contributed by atoms with Crippen molar-refractivity contribution in [2.24, 2.45) is 0 Å². The highest BCUT2D eigenvalue weighted by molar-refractivity contribution is 5.39. The van der Waals surface area contributed by atoms with Gasteiger partial charge in [-0.25, -0.2) is 0 Å². The molecule has 4 heteroatoms. The molecule has 0 amide bonds. The van der Waals surface area contributed by atoms with Crippen LogP contribution < -0.4 is 14.8 Å². The number of para-hydroxylation sites is 1. The number of hydrogen-bond acceptors (Lipinski definition) is 4. The highest BCUT2D eigenvalue weighted by atomic mass is 16.5. The minimum Gasteiger partial charge on any atom is -0.497 e. The lowest BCUT2D eigenvalue weighted by Gasteiger charge is -2.22. The number of ether oxygens (including phenoxy) is 2. The maximum atomic E-state index is 9.63. The van der Waals surface area contributed by atoms with E-state index in [4.69, 9.17) is 9.47 Å². The summed E-state index contributed by atoms with van der Waals surface area (Å²) in [6, 6.07) is 17.4. The van der Waals surface area contributed by atoms with Crippen molar-refractivity contribution in [3.63, 3.8) is 0 Å². The largest absolute Gasteiger partial charge is 0.497 e. The van der Waals surface area contributed by atoms with Crippen LogP contribution in [0.25, 0.3) is 0 Å². The average Bonchev–Trinajstić information content (AvgIpc) is 2.59. The van der Waals surface area contributed by atoms with Crippen LogP contribution in [0.4, 0.5) is 0 Å². The molecular formula is C20H24N2O2. The van der Waals surface area contributed by atoms with Gasteiger partial charge in [0.2, 0.25) is 0 Å². The molecule has 0 aromatic heterocycles. The summed E-state index contributed by atoms with van der Waals surface area (Å²) >= 11 is 0. The van der Waals surface area contributed by atoms with Gasteiger partial charge in [0.1, 0.15) is 17.5 Å². The summed E-state index contributed by atoms with van der Waals surface area (Å²) in [5.41, 5.74) is 1.95. The summed E-state index contributed by atoms with van der Waals surface area (Å²) in [5.74, 6) is 1.56. The van der Waals surface area contributed by atoms with Crippen LogP contribution in [0, 0.1) is 11.3 Å². The van der Waals surface area contributed by atoms with Crippen molar-refractivity contribution in [2.75, 3.05) is 7.11 Å². The van der Waals surface area contributed by atoms with Crippen LogP contribution in [0.3, 0.4) is 0 Å². The normalized spacial score (nSPS) is 13.2. The Labute approximate surface area is 144 Å². The number of nitriles is 1. The molecule has 0 saturated carbocycles. The molecule has 24 heavy (non-hydrogen) atoms. The second-order valence-electron chi connectivity index (χ2n) is 5.93. The Kier molecular flexibility index (Phi) is 6.22. The van der Waals surface area contributed by atoms with Crippen molar-refractivity contribution in [1.82, 2.24) is 5.32 Å². The van der Waals surface area contributed by atoms with Gasteiger partial charge >= 0.3 is 0 Å². The second-order valence-corrected chi connectivity index (χ2v) is 5.93. The monoisotopic (exact) mass is 324 g/mol. The summed E-state index contributed by atoms with van der Waals surface area (Å²) < 4.78 is 11.0. The van der Waals surface area contributed by atoms with Crippen molar-refractivity contribution >= 4 is 0 Å².